The van der Waals surface area contributed by atoms with Gasteiger partial charge in [0.25, 0.3) is 5.91 Å². The maximum absolute atomic E-state index is 12.7. The largest absolute Gasteiger partial charge is 0.454 e. The van der Waals surface area contributed by atoms with Crippen LogP contribution in [0.1, 0.15) is 42.5 Å². The van der Waals surface area contributed by atoms with Crippen LogP contribution in [0.2, 0.25) is 0 Å². The van der Waals surface area contributed by atoms with Crippen molar-refractivity contribution in [3.63, 3.8) is 0 Å². The maximum atomic E-state index is 12.7. The van der Waals surface area contributed by atoms with Crippen molar-refractivity contribution in [2.75, 3.05) is 44.0 Å². The second-order valence-electron chi connectivity index (χ2n) is 8.13. The Balaban J connectivity index is 1.23. The SMILES string of the molecule is O=C(CSc1ncccc1C(=O)NCCCN1CCCCCC1)Nc1ccc2c(c1)OCO2. The topological polar surface area (TPSA) is 92.8 Å². The van der Waals surface area contributed by atoms with Crippen LogP contribution in [0.25, 0.3) is 0 Å². The summed E-state index contributed by atoms with van der Waals surface area (Å²) in [4.78, 5) is 31.9. The molecule has 8 nitrogen and oxygen atoms in total. The lowest BCUT2D eigenvalue weighted by molar-refractivity contribution is -0.113. The molecule has 33 heavy (non-hydrogen) atoms. The first-order valence-electron chi connectivity index (χ1n) is 11.5. The quantitative estimate of drug-likeness (QED) is 0.428. The number of amides is 2. The smallest absolute Gasteiger partial charge is 0.254 e. The Bertz CT molecular complexity index is 963. The van der Waals surface area contributed by atoms with E-state index < -0.39 is 0 Å². The highest BCUT2D eigenvalue weighted by Gasteiger charge is 2.16. The van der Waals surface area contributed by atoms with Crippen molar-refractivity contribution in [2.45, 2.75) is 37.1 Å². The van der Waals surface area contributed by atoms with Gasteiger partial charge in [0, 0.05) is 24.5 Å². The van der Waals surface area contributed by atoms with Crippen LogP contribution in [-0.4, -0.2) is 60.4 Å². The molecule has 2 N–H and O–H groups in total. The monoisotopic (exact) mass is 470 g/mol. The Morgan fingerprint density at radius 1 is 1.06 bits per heavy atom. The van der Waals surface area contributed by atoms with Crippen LogP contribution in [0.15, 0.2) is 41.6 Å². The second kappa shape index (κ2) is 11.9. The van der Waals surface area contributed by atoms with Gasteiger partial charge in [0.2, 0.25) is 12.7 Å². The fourth-order valence-electron chi connectivity index (χ4n) is 3.94. The van der Waals surface area contributed by atoms with Crippen molar-refractivity contribution in [1.82, 2.24) is 15.2 Å². The fourth-order valence-corrected chi connectivity index (χ4v) is 4.74. The number of carbonyl (C=O) groups excluding carboxylic acids is 2. The minimum Gasteiger partial charge on any atom is -0.454 e. The number of rotatable bonds is 9. The number of aromatic nitrogens is 1. The van der Waals surface area contributed by atoms with Crippen LogP contribution in [0.3, 0.4) is 0 Å². The average molecular weight is 471 g/mol. The number of nitrogens with zero attached hydrogens (tertiary/aromatic N) is 2. The zero-order chi connectivity index (χ0) is 22.9. The number of benzene rings is 1. The number of hydrogen-bond acceptors (Lipinski definition) is 7. The van der Waals surface area contributed by atoms with Crippen LogP contribution in [0, 0.1) is 0 Å². The van der Waals surface area contributed by atoms with E-state index in [0.29, 0.717) is 34.3 Å². The van der Waals surface area contributed by atoms with Crippen LogP contribution in [0.4, 0.5) is 5.69 Å². The average Bonchev–Trinajstić information content (AvgIpc) is 3.14. The molecule has 3 heterocycles. The van der Waals surface area contributed by atoms with Gasteiger partial charge in [-0.15, -0.1) is 0 Å². The lowest BCUT2D eigenvalue weighted by atomic mass is 10.2. The number of fused-ring (bicyclic) bond motifs is 1. The van der Waals surface area contributed by atoms with E-state index in [-0.39, 0.29) is 24.4 Å². The summed E-state index contributed by atoms with van der Waals surface area (Å²) in [5.41, 5.74) is 1.13. The Morgan fingerprint density at radius 2 is 1.88 bits per heavy atom. The number of nitrogens with one attached hydrogen (secondary N) is 2. The third-order valence-corrected chi connectivity index (χ3v) is 6.65. The fraction of sp³-hybridized carbons (Fsp3) is 0.458. The molecule has 2 aliphatic heterocycles. The molecule has 1 aromatic carbocycles. The van der Waals surface area contributed by atoms with E-state index in [1.807, 2.05) is 0 Å². The summed E-state index contributed by atoms with van der Waals surface area (Å²) in [5.74, 6) is 1.07. The highest BCUT2D eigenvalue weighted by atomic mass is 32.2. The predicted molar refractivity (Wildman–Crippen MR) is 128 cm³/mol. The first kappa shape index (κ1) is 23.4. The van der Waals surface area contributed by atoms with Gasteiger partial charge in [0.15, 0.2) is 11.5 Å². The van der Waals surface area contributed by atoms with E-state index in [1.165, 1.54) is 37.4 Å². The first-order valence-corrected chi connectivity index (χ1v) is 12.5. The van der Waals surface area contributed by atoms with Gasteiger partial charge in [-0.05, 0) is 63.2 Å². The van der Waals surface area contributed by atoms with E-state index in [0.717, 1.165) is 26.1 Å². The molecule has 1 saturated heterocycles. The lowest BCUT2D eigenvalue weighted by Gasteiger charge is -2.19. The standard InChI is InChI=1S/C24H30N4O4S/c29-22(27-18-8-9-20-21(15-18)32-17-31-20)16-33-24-19(7-5-10-26-24)23(30)25-11-6-14-28-12-3-1-2-4-13-28/h5,7-10,15H,1-4,6,11-14,16-17H2,(H,25,30)(H,27,29). The zero-order valence-electron chi connectivity index (χ0n) is 18.7. The first-order chi connectivity index (χ1) is 16.2. The predicted octanol–water partition coefficient (Wildman–Crippen LogP) is 3.54. The van der Waals surface area contributed by atoms with Crippen LogP contribution >= 0.6 is 11.8 Å². The van der Waals surface area contributed by atoms with Gasteiger partial charge in [0.05, 0.1) is 11.3 Å². The minimum absolute atomic E-state index is 0.140. The summed E-state index contributed by atoms with van der Waals surface area (Å²) in [6.07, 6.45) is 7.74. The Morgan fingerprint density at radius 3 is 2.73 bits per heavy atom. The molecular formula is C24H30N4O4S. The molecule has 0 saturated carbocycles. The van der Waals surface area contributed by atoms with E-state index >= 15 is 0 Å². The zero-order valence-corrected chi connectivity index (χ0v) is 19.5. The molecule has 0 aliphatic carbocycles. The van der Waals surface area contributed by atoms with Gasteiger partial charge < -0.3 is 25.0 Å². The summed E-state index contributed by atoms with van der Waals surface area (Å²) >= 11 is 1.24. The number of anilines is 1. The molecular weight excluding hydrogens is 440 g/mol. The Kier molecular flexibility index (Phi) is 8.43. The van der Waals surface area contributed by atoms with Gasteiger partial charge in [-0.3, -0.25) is 9.59 Å². The van der Waals surface area contributed by atoms with E-state index in [1.54, 1.807) is 36.5 Å². The van der Waals surface area contributed by atoms with Crippen molar-refractivity contribution in [2.24, 2.45) is 0 Å². The molecule has 2 aliphatic rings. The maximum Gasteiger partial charge on any atom is 0.254 e. The van der Waals surface area contributed by atoms with E-state index in [9.17, 15) is 9.59 Å². The number of ether oxygens (including phenoxy) is 2. The molecule has 1 aromatic heterocycles. The molecule has 4 rings (SSSR count). The third kappa shape index (κ3) is 6.85. The lowest BCUT2D eigenvalue weighted by Crippen LogP contribution is -2.31. The summed E-state index contributed by atoms with van der Waals surface area (Å²) in [6.45, 7) is 4.14. The summed E-state index contributed by atoms with van der Waals surface area (Å²) < 4.78 is 10.6. The van der Waals surface area contributed by atoms with Gasteiger partial charge in [-0.1, -0.05) is 24.6 Å². The van der Waals surface area contributed by atoms with E-state index in [4.69, 9.17) is 9.47 Å². The van der Waals surface area contributed by atoms with Gasteiger partial charge in [-0.25, -0.2) is 4.98 Å². The minimum atomic E-state index is -0.187. The van der Waals surface area contributed by atoms with Crippen molar-refractivity contribution in [1.29, 1.82) is 0 Å². The number of thioether (sulfide) groups is 1. The van der Waals surface area contributed by atoms with Crippen LogP contribution in [0.5, 0.6) is 11.5 Å². The molecule has 0 bridgehead atoms. The normalized spacial score (nSPS) is 15.6. The van der Waals surface area contributed by atoms with Crippen molar-refractivity contribution < 1.29 is 19.1 Å². The summed E-state index contributed by atoms with van der Waals surface area (Å²) in [6, 6.07) is 8.74. The molecule has 2 aromatic rings. The highest BCUT2D eigenvalue weighted by molar-refractivity contribution is 8.00. The van der Waals surface area contributed by atoms with Crippen molar-refractivity contribution in [3.8, 4) is 11.5 Å². The molecule has 9 heteroatoms. The van der Waals surface area contributed by atoms with Gasteiger partial charge in [-0.2, -0.15) is 0 Å². The number of pyridine rings is 1. The van der Waals surface area contributed by atoms with Crippen LogP contribution in [-0.2, 0) is 4.79 Å². The van der Waals surface area contributed by atoms with E-state index in [2.05, 4.69) is 20.5 Å². The molecule has 176 valence electrons. The molecule has 2 amide bonds. The number of likely N-dealkylation sites (tertiary alicyclic amines) is 1. The van der Waals surface area contributed by atoms with Crippen molar-refractivity contribution in [3.05, 3.63) is 42.1 Å². The second-order valence-corrected chi connectivity index (χ2v) is 9.09. The highest BCUT2D eigenvalue weighted by Crippen LogP contribution is 2.34. The Labute approximate surface area is 198 Å². The third-order valence-electron chi connectivity index (χ3n) is 5.65. The summed E-state index contributed by atoms with van der Waals surface area (Å²) in [7, 11) is 0. The molecule has 0 unspecified atom stereocenters. The Hall–Kier alpha value is -2.78. The number of hydrogen-bond donors (Lipinski definition) is 2. The molecule has 0 atom stereocenters. The van der Waals surface area contributed by atoms with Gasteiger partial charge in [0.1, 0.15) is 5.03 Å². The summed E-state index contributed by atoms with van der Waals surface area (Å²) in [5, 5.41) is 6.39. The van der Waals surface area contributed by atoms with Crippen LogP contribution < -0.4 is 20.1 Å². The molecule has 1 fully saturated rings. The van der Waals surface area contributed by atoms with Crippen molar-refractivity contribution >= 4 is 29.3 Å². The molecule has 0 spiro atoms. The molecule has 0 radical (unpaired) electrons. The number of carbonyl (C=O) groups is 2. The van der Waals surface area contributed by atoms with Gasteiger partial charge >= 0.3 is 0 Å².